The largest absolute Gasteiger partial charge is 0.494 e. The summed E-state index contributed by atoms with van der Waals surface area (Å²) in [6.45, 7) is 6.11. The number of nitrogens with zero attached hydrogens (tertiary/aromatic N) is 2. The van der Waals surface area contributed by atoms with Crippen LogP contribution in [0.5, 0.6) is 5.75 Å². The van der Waals surface area contributed by atoms with Crippen LogP contribution < -0.4 is 4.74 Å². The molecule has 0 unspecified atom stereocenters. The first-order valence-electron chi connectivity index (χ1n) is 13.1. The predicted molar refractivity (Wildman–Crippen MR) is 155 cm³/mol. The molecule has 1 N–H and O–H groups in total. The Hall–Kier alpha value is -3.58. The van der Waals surface area contributed by atoms with Crippen LogP contribution in [0.1, 0.15) is 41.8 Å². The fraction of sp³-hybridized carbons (Fsp3) is 0.290. The molecule has 4 aromatic rings. The van der Waals surface area contributed by atoms with E-state index in [0.29, 0.717) is 38.2 Å². The smallest absolute Gasteiger partial charge is 0.254 e. The molecule has 0 aliphatic carbocycles. The number of ether oxygens (including phenoxy) is 1. The maximum atomic E-state index is 13.7. The predicted octanol–water partition coefficient (Wildman–Crippen LogP) is 6.45. The maximum Gasteiger partial charge on any atom is 0.254 e. The highest BCUT2D eigenvalue weighted by Crippen LogP contribution is 2.20. The average Bonchev–Trinajstić information content (AvgIpc) is 3.34. The number of halogens is 1. The van der Waals surface area contributed by atoms with Crippen molar-refractivity contribution in [2.24, 2.45) is 0 Å². The quantitative estimate of drug-likeness (QED) is 0.211. The second-order valence-corrected chi connectivity index (χ2v) is 10.2. The molecule has 0 bridgehead atoms. The molecule has 0 spiro atoms. The fourth-order valence-corrected chi connectivity index (χ4v) is 4.95. The summed E-state index contributed by atoms with van der Waals surface area (Å²) >= 11 is 3.44. The van der Waals surface area contributed by atoms with Crippen molar-refractivity contribution >= 4 is 38.6 Å². The molecule has 0 aliphatic heterocycles. The Morgan fingerprint density at radius 3 is 2.45 bits per heavy atom. The van der Waals surface area contributed by atoms with Gasteiger partial charge in [-0.3, -0.25) is 9.59 Å². The van der Waals surface area contributed by atoms with Gasteiger partial charge in [0.25, 0.3) is 5.91 Å². The number of para-hydroxylation sites is 1. The molecule has 0 atom stereocenters. The molecule has 4 rings (SSSR count). The first kappa shape index (κ1) is 27.5. The highest BCUT2D eigenvalue weighted by Gasteiger charge is 2.22. The first-order valence-corrected chi connectivity index (χ1v) is 13.9. The van der Waals surface area contributed by atoms with Crippen molar-refractivity contribution < 1.29 is 14.3 Å². The highest BCUT2D eigenvalue weighted by atomic mass is 79.9. The van der Waals surface area contributed by atoms with Gasteiger partial charge in [0.1, 0.15) is 12.3 Å². The lowest BCUT2D eigenvalue weighted by Gasteiger charge is -2.28. The van der Waals surface area contributed by atoms with Crippen LogP contribution in [0.2, 0.25) is 0 Å². The van der Waals surface area contributed by atoms with Gasteiger partial charge in [-0.05, 0) is 67.3 Å². The van der Waals surface area contributed by atoms with Crippen molar-refractivity contribution in [3.8, 4) is 5.75 Å². The molecule has 0 fully saturated rings. The molecule has 0 saturated heterocycles. The van der Waals surface area contributed by atoms with Gasteiger partial charge in [0, 0.05) is 46.8 Å². The van der Waals surface area contributed by atoms with Crippen LogP contribution in [0.15, 0.2) is 83.5 Å². The SMILES string of the molecule is CCCN(CC(=O)N(CCc1c[nH]c2ccccc12)Cc1ccc(OCC)cc1)C(=O)c1cccc(Br)c1. The molecule has 7 heteroatoms. The molecular formula is C31H34BrN3O3. The number of H-pyrrole nitrogens is 1. The minimum Gasteiger partial charge on any atom is -0.494 e. The highest BCUT2D eigenvalue weighted by molar-refractivity contribution is 9.10. The number of amides is 2. The average molecular weight is 577 g/mol. The zero-order valence-electron chi connectivity index (χ0n) is 22.0. The number of fused-ring (bicyclic) bond motifs is 1. The van der Waals surface area contributed by atoms with Crippen molar-refractivity contribution in [1.82, 2.24) is 14.8 Å². The Bertz CT molecular complexity index is 1370. The summed E-state index contributed by atoms with van der Waals surface area (Å²) in [5.41, 5.74) is 3.83. The van der Waals surface area contributed by atoms with Crippen LogP contribution in [0.3, 0.4) is 0 Å². The summed E-state index contributed by atoms with van der Waals surface area (Å²) in [4.78, 5) is 33.9. The summed E-state index contributed by atoms with van der Waals surface area (Å²) in [5, 5.41) is 1.17. The van der Waals surface area contributed by atoms with Gasteiger partial charge in [-0.15, -0.1) is 0 Å². The molecule has 0 saturated carbocycles. The lowest BCUT2D eigenvalue weighted by molar-refractivity contribution is -0.132. The molecule has 6 nitrogen and oxygen atoms in total. The van der Waals surface area contributed by atoms with Crippen LogP contribution in [-0.2, 0) is 17.8 Å². The maximum absolute atomic E-state index is 13.7. The van der Waals surface area contributed by atoms with Crippen molar-refractivity contribution in [2.75, 3.05) is 26.2 Å². The number of aromatic amines is 1. The summed E-state index contributed by atoms with van der Waals surface area (Å²) in [7, 11) is 0. The molecule has 1 aromatic heterocycles. The van der Waals surface area contributed by atoms with E-state index in [9.17, 15) is 9.59 Å². The number of carbonyl (C=O) groups excluding carboxylic acids is 2. The summed E-state index contributed by atoms with van der Waals surface area (Å²) < 4.78 is 6.41. The standard InChI is InChI=1S/C31H34BrN3O3/c1-3-17-35(31(37)24-8-7-9-26(32)19-24)22-30(36)34(21-23-12-14-27(15-13-23)38-4-2)18-16-25-20-33-29-11-6-5-10-28(25)29/h5-15,19-20,33H,3-4,16-18,21-22H2,1-2H3. The number of carbonyl (C=O) groups is 2. The van der Waals surface area contributed by atoms with E-state index in [1.807, 2.05) is 73.5 Å². The Morgan fingerprint density at radius 1 is 0.921 bits per heavy atom. The number of hydrogen-bond donors (Lipinski definition) is 1. The number of nitrogens with one attached hydrogen (secondary N) is 1. The van der Waals surface area contributed by atoms with Gasteiger partial charge < -0.3 is 19.5 Å². The van der Waals surface area contributed by atoms with Crippen molar-refractivity contribution in [3.05, 3.63) is 100 Å². The number of aromatic nitrogens is 1. The van der Waals surface area contributed by atoms with Crippen LogP contribution in [0.25, 0.3) is 10.9 Å². The molecule has 38 heavy (non-hydrogen) atoms. The van der Waals surface area contributed by atoms with Crippen LogP contribution >= 0.6 is 15.9 Å². The normalized spacial score (nSPS) is 10.9. The van der Waals surface area contributed by atoms with Crippen LogP contribution in [0.4, 0.5) is 0 Å². The first-order chi connectivity index (χ1) is 18.5. The van der Waals surface area contributed by atoms with E-state index in [4.69, 9.17) is 4.74 Å². The minimum atomic E-state index is -0.140. The molecule has 1 heterocycles. The molecule has 3 aromatic carbocycles. The second-order valence-electron chi connectivity index (χ2n) is 9.24. The van der Waals surface area contributed by atoms with Gasteiger partial charge in [-0.1, -0.05) is 59.3 Å². The summed E-state index contributed by atoms with van der Waals surface area (Å²) in [6.07, 6.45) is 3.49. The molecule has 0 aliphatic rings. The monoisotopic (exact) mass is 575 g/mol. The van der Waals surface area contributed by atoms with E-state index in [2.05, 4.69) is 33.0 Å². The van der Waals surface area contributed by atoms with Crippen molar-refractivity contribution in [2.45, 2.75) is 33.2 Å². The summed E-state index contributed by atoms with van der Waals surface area (Å²) in [5.74, 6) is 0.594. The van der Waals surface area contributed by atoms with Gasteiger partial charge >= 0.3 is 0 Å². The number of rotatable bonds is 12. The second kappa shape index (κ2) is 13.3. The third-order valence-corrected chi connectivity index (χ3v) is 6.96. The van der Waals surface area contributed by atoms with Crippen LogP contribution in [0, 0.1) is 0 Å². The molecule has 2 amide bonds. The topological polar surface area (TPSA) is 65.6 Å². The number of hydrogen-bond acceptors (Lipinski definition) is 3. The molecular weight excluding hydrogens is 542 g/mol. The number of benzene rings is 3. The fourth-order valence-electron chi connectivity index (χ4n) is 4.55. The van der Waals surface area contributed by atoms with E-state index >= 15 is 0 Å². The van der Waals surface area contributed by atoms with Gasteiger partial charge in [0.2, 0.25) is 5.91 Å². The lowest BCUT2D eigenvalue weighted by atomic mass is 10.1. The van der Waals surface area contributed by atoms with Gasteiger partial charge in [0.05, 0.1) is 6.61 Å². The zero-order chi connectivity index (χ0) is 26.9. The summed E-state index contributed by atoms with van der Waals surface area (Å²) in [6, 6.07) is 23.3. The van der Waals surface area contributed by atoms with Crippen LogP contribution in [-0.4, -0.2) is 52.8 Å². The van der Waals surface area contributed by atoms with Gasteiger partial charge in [-0.2, -0.15) is 0 Å². The van der Waals surface area contributed by atoms with E-state index < -0.39 is 0 Å². The Kier molecular flexibility index (Phi) is 9.60. The van der Waals surface area contributed by atoms with Crippen molar-refractivity contribution in [3.63, 3.8) is 0 Å². The zero-order valence-corrected chi connectivity index (χ0v) is 23.5. The van der Waals surface area contributed by atoms with Gasteiger partial charge in [0.15, 0.2) is 0 Å². The minimum absolute atomic E-state index is 0.0318. The third-order valence-electron chi connectivity index (χ3n) is 6.46. The van der Waals surface area contributed by atoms with E-state index in [-0.39, 0.29) is 18.4 Å². The third kappa shape index (κ3) is 7.04. The molecule has 198 valence electrons. The van der Waals surface area contributed by atoms with Crippen molar-refractivity contribution in [1.29, 1.82) is 0 Å². The Labute approximate surface area is 232 Å². The Morgan fingerprint density at radius 2 is 1.71 bits per heavy atom. The van der Waals surface area contributed by atoms with Gasteiger partial charge in [-0.25, -0.2) is 0 Å². The molecule has 0 radical (unpaired) electrons. The lowest BCUT2D eigenvalue weighted by Crippen LogP contribution is -2.43. The van der Waals surface area contributed by atoms with E-state index in [1.54, 1.807) is 17.0 Å². The van der Waals surface area contributed by atoms with E-state index in [1.165, 1.54) is 10.9 Å². The Balaban J connectivity index is 1.53. The van der Waals surface area contributed by atoms with E-state index in [0.717, 1.165) is 27.7 Å².